The number of rotatable bonds is 3. The Bertz CT molecular complexity index is 330. The molecule has 5 nitrogen and oxygen atoms in total. The van der Waals surface area contributed by atoms with Crippen molar-refractivity contribution in [1.82, 2.24) is 15.5 Å². The highest BCUT2D eigenvalue weighted by molar-refractivity contribution is 5.83. The van der Waals surface area contributed by atoms with Gasteiger partial charge < -0.3 is 15.5 Å². The van der Waals surface area contributed by atoms with E-state index < -0.39 is 0 Å². The van der Waals surface area contributed by atoms with Crippen LogP contribution >= 0.6 is 0 Å². The van der Waals surface area contributed by atoms with Gasteiger partial charge in [-0.3, -0.25) is 9.59 Å². The molecule has 0 radical (unpaired) electrons. The lowest BCUT2D eigenvalue weighted by molar-refractivity contribution is -0.137. The van der Waals surface area contributed by atoms with E-state index in [2.05, 4.69) is 10.6 Å². The fraction of sp³-hybridized carbons (Fsp3) is 0.867. The largest absolute Gasteiger partial charge is 0.356 e. The molecule has 2 saturated heterocycles. The van der Waals surface area contributed by atoms with Gasteiger partial charge in [-0.05, 0) is 39.2 Å². The van der Waals surface area contributed by atoms with Gasteiger partial charge in [0.05, 0.1) is 6.04 Å². The van der Waals surface area contributed by atoms with Gasteiger partial charge >= 0.3 is 0 Å². The number of piperidine rings is 1. The molecule has 2 N–H and O–H groups in total. The van der Waals surface area contributed by atoms with Gasteiger partial charge in [0, 0.05) is 25.6 Å². The minimum absolute atomic E-state index is 0.00137. The predicted octanol–water partition coefficient (Wildman–Crippen LogP) is 0.893. The molecule has 0 aliphatic carbocycles. The molecule has 2 fully saturated rings. The number of likely N-dealkylation sites (tertiary alicyclic amines) is 1. The van der Waals surface area contributed by atoms with E-state index >= 15 is 0 Å². The SMILES string of the molecule is CCNC(=O)C1CCN(C(=O)C2CCCCCN2)CC1. The lowest BCUT2D eigenvalue weighted by Crippen LogP contribution is -2.50. The standard InChI is InChI=1S/C15H27N3O2/c1-2-16-14(19)12-7-10-18(11-8-12)15(20)13-6-4-3-5-9-17-13/h12-13,17H,2-11H2,1H3,(H,16,19). The Morgan fingerprint density at radius 3 is 2.60 bits per heavy atom. The Balaban J connectivity index is 1.80. The first-order valence-electron chi connectivity index (χ1n) is 8.02. The minimum atomic E-state index is -0.00137. The second-order valence-corrected chi connectivity index (χ2v) is 5.85. The van der Waals surface area contributed by atoms with Crippen molar-refractivity contribution in [2.24, 2.45) is 5.92 Å². The van der Waals surface area contributed by atoms with Crippen molar-refractivity contribution < 1.29 is 9.59 Å². The van der Waals surface area contributed by atoms with Gasteiger partial charge in [-0.2, -0.15) is 0 Å². The maximum absolute atomic E-state index is 12.5. The summed E-state index contributed by atoms with van der Waals surface area (Å²) in [6, 6.07) is -0.00137. The summed E-state index contributed by atoms with van der Waals surface area (Å²) in [5.74, 6) is 0.467. The van der Waals surface area contributed by atoms with E-state index in [9.17, 15) is 9.59 Å². The third kappa shape index (κ3) is 3.95. The van der Waals surface area contributed by atoms with Crippen LogP contribution in [0.25, 0.3) is 0 Å². The molecule has 0 aromatic rings. The van der Waals surface area contributed by atoms with E-state index in [1.54, 1.807) is 0 Å². The number of hydrogen-bond acceptors (Lipinski definition) is 3. The molecule has 2 rings (SSSR count). The first-order chi connectivity index (χ1) is 9.72. The van der Waals surface area contributed by atoms with Gasteiger partial charge in [-0.25, -0.2) is 0 Å². The van der Waals surface area contributed by atoms with Crippen LogP contribution in [0.3, 0.4) is 0 Å². The first kappa shape index (κ1) is 15.3. The summed E-state index contributed by atoms with van der Waals surface area (Å²) in [5.41, 5.74) is 0. The van der Waals surface area contributed by atoms with Crippen molar-refractivity contribution in [1.29, 1.82) is 0 Å². The highest BCUT2D eigenvalue weighted by Crippen LogP contribution is 2.19. The smallest absolute Gasteiger partial charge is 0.239 e. The quantitative estimate of drug-likeness (QED) is 0.808. The molecule has 0 spiro atoms. The summed E-state index contributed by atoms with van der Waals surface area (Å²) < 4.78 is 0. The monoisotopic (exact) mass is 281 g/mol. The highest BCUT2D eigenvalue weighted by atomic mass is 16.2. The van der Waals surface area contributed by atoms with E-state index in [4.69, 9.17) is 0 Å². The number of nitrogens with zero attached hydrogens (tertiary/aromatic N) is 1. The van der Waals surface area contributed by atoms with Gasteiger partial charge in [-0.15, -0.1) is 0 Å². The fourth-order valence-electron chi connectivity index (χ4n) is 3.14. The van der Waals surface area contributed by atoms with Gasteiger partial charge in [0.2, 0.25) is 11.8 Å². The fourth-order valence-corrected chi connectivity index (χ4v) is 3.14. The summed E-state index contributed by atoms with van der Waals surface area (Å²) in [4.78, 5) is 26.2. The zero-order chi connectivity index (χ0) is 14.4. The van der Waals surface area contributed by atoms with Gasteiger partial charge in [-0.1, -0.05) is 12.8 Å². The lowest BCUT2D eigenvalue weighted by atomic mass is 9.95. The highest BCUT2D eigenvalue weighted by Gasteiger charge is 2.30. The Hall–Kier alpha value is -1.10. The average molecular weight is 281 g/mol. The van der Waals surface area contributed by atoms with Gasteiger partial charge in [0.15, 0.2) is 0 Å². The van der Waals surface area contributed by atoms with Crippen LogP contribution in [0.15, 0.2) is 0 Å². The van der Waals surface area contributed by atoms with Crippen LogP contribution in [0.4, 0.5) is 0 Å². The molecule has 2 aliphatic heterocycles. The predicted molar refractivity (Wildman–Crippen MR) is 78.2 cm³/mol. The van der Waals surface area contributed by atoms with E-state index in [0.29, 0.717) is 6.54 Å². The molecule has 2 aliphatic rings. The summed E-state index contributed by atoms with van der Waals surface area (Å²) in [6.07, 6.45) is 6.07. The molecule has 0 aromatic heterocycles. The number of hydrogen-bond donors (Lipinski definition) is 2. The van der Waals surface area contributed by atoms with Crippen LogP contribution < -0.4 is 10.6 Å². The van der Waals surface area contributed by atoms with E-state index in [-0.39, 0.29) is 23.8 Å². The van der Waals surface area contributed by atoms with Crippen molar-refractivity contribution in [2.75, 3.05) is 26.2 Å². The number of nitrogens with one attached hydrogen (secondary N) is 2. The molecule has 2 amide bonds. The third-order valence-corrected chi connectivity index (χ3v) is 4.39. The van der Waals surface area contributed by atoms with Crippen molar-refractivity contribution in [3.63, 3.8) is 0 Å². The summed E-state index contributed by atoms with van der Waals surface area (Å²) in [6.45, 7) is 5.02. The van der Waals surface area contributed by atoms with Gasteiger partial charge in [0.1, 0.15) is 0 Å². The molecule has 20 heavy (non-hydrogen) atoms. The zero-order valence-corrected chi connectivity index (χ0v) is 12.5. The molecular formula is C15H27N3O2. The average Bonchev–Trinajstić information content (AvgIpc) is 2.76. The number of carbonyl (C=O) groups is 2. The molecule has 114 valence electrons. The Morgan fingerprint density at radius 1 is 1.15 bits per heavy atom. The Morgan fingerprint density at radius 2 is 1.90 bits per heavy atom. The van der Waals surface area contributed by atoms with E-state index in [1.807, 2.05) is 11.8 Å². The summed E-state index contributed by atoms with van der Waals surface area (Å²) in [5, 5.41) is 6.24. The normalized spacial score (nSPS) is 25.1. The van der Waals surface area contributed by atoms with Gasteiger partial charge in [0.25, 0.3) is 0 Å². The molecule has 1 unspecified atom stereocenters. The maximum Gasteiger partial charge on any atom is 0.239 e. The zero-order valence-electron chi connectivity index (χ0n) is 12.5. The van der Waals surface area contributed by atoms with Crippen LogP contribution in [0, 0.1) is 5.92 Å². The van der Waals surface area contributed by atoms with Crippen LogP contribution in [0.2, 0.25) is 0 Å². The lowest BCUT2D eigenvalue weighted by Gasteiger charge is -2.33. The summed E-state index contributed by atoms with van der Waals surface area (Å²) >= 11 is 0. The van der Waals surface area contributed by atoms with Crippen molar-refractivity contribution >= 4 is 11.8 Å². The molecular weight excluding hydrogens is 254 g/mol. The molecule has 0 saturated carbocycles. The van der Waals surface area contributed by atoms with Crippen molar-refractivity contribution in [3.8, 4) is 0 Å². The summed E-state index contributed by atoms with van der Waals surface area (Å²) in [7, 11) is 0. The molecule has 1 atom stereocenters. The van der Waals surface area contributed by atoms with Crippen molar-refractivity contribution in [3.05, 3.63) is 0 Å². The van der Waals surface area contributed by atoms with Crippen LogP contribution in [0.1, 0.15) is 45.4 Å². The third-order valence-electron chi connectivity index (χ3n) is 4.39. The second kappa shape index (κ2) is 7.62. The van der Waals surface area contributed by atoms with E-state index in [0.717, 1.165) is 45.3 Å². The number of carbonyl (C=O) groups excluding carboxylic acids is 2. The topological polar surface area (TPSA) is 61.4 Å². The number of amides is 2. The molecule has 2 heterocycles. The van der Waals surface area contributed by atoms with Crippen molar-refractivity contribution in [2.45, 2.75) is 51.5 Å². The second-order valence-electron chi connectivity index (χ2n) is 5.85. The minimum Gasteiger partial charge on any atom is -0.356 e. The molecule has 0 aromatic carbocycles. The van der Waals surface area contributed by atoms with Crippen LogP contribution in [-0.4, -0.2) is 48.9 Å². The maximum atomic E-state index is 12.5. The van der Waals surface area contributed by atoms with E-state index in [1.165, 1.54) is 12.8 Å². The Labute approximate surface area is 121 Å². The molecule has 0 bridgehead atoms. The van der Waals surface area contributed by atoms with Crippen LogP contribution in [0.5, 0.6) is 0 Å². The Kier molecular flexibility index (Phi) is 5.83. The molecule has 5 heteroatoms. The first-order valence-corrected chi connectivity index (χ1v) is 8.02. The van der Waals surface area contributed by atoms with Crippen LogP contribution in [-0.2, 0) is 9.59 Å².